The van der Waals surface area contributed by atoms with Crippen molar-refractivity contribution < 1.29 is 14.4 Å². The van der Waals surface area contributed by atoms with Crippen LogP contribution in [-0.4, -0.2) is 30.7 Å². The van der Waals surface area contributed by atoms with E-state index in [0.717, 1.165) is 5.56 Å². The number of nitrogens with one attached hydrogen (secondary N) is 2. The quantitative estimate of drug-likeness (QED) is 0.711. The Hall–Kier alpha value is -2.43. The molecule has 1 unspecified atom stereocenters. The Morgan fingerprint density at radius 1 is 1.30 bits per heavy atom. The summed E-state index contributed by atoms with van der Waals surface area (Å²) in [5.74, 6) is -0.835. The molecule has 0 bridgehead atoms. The van der Waals surface area contributed by atoms with Crippen LogP contribution in [0.3, 0.4) is 0 Å². The SMILES string of the molecule is C=C(C)C(=O)NCC(=O)NC([C]=O)Cc1ccccc1. The molecular weight excluding hydrogens is 256 g/mol. The molecule has 105 valence electrons. The third-order valence-corrected chi connectivity index (χ3v) is 2.56. The van der Waals surface area contributed by atoms with E-state index in [1.807, 2.05) is 30.3 Å². The fraction of sp³-hybridized carbons (Fsp3) is 0.267. The van der Waals surface area contributed by atoms with Crippen molar-refractivity contribution in [1.82, 2.24) is 10.6 Å². The Kier molecular flexibility index (Phi) is 6.16. The zero-order valence-electron chi connectivity index (χ0n) is 11.3. The Labute approximate surface area is 118 Å². The van der Waals surface area contributed by atoms with Gasteiger partial charge in [-0.15, -0.1) is 0 Å². The van der Waals surface area contributed by atoms with Crippen molar-refractivity contribution in [3.63, 3.8) is 0 Å². The van der Waals surface area contributed by atoms with Crippen LogP contribution in [0, 0.1) is 0 Å². The first-order chi connectivity index (χ1) is 9.52. The third-order valence-electron chi connectivity index (χ3n) is 2.56. The fourth-order valence-corrected chi connectivity index (χ4v) is 1.53. The Morgan fingerprint density at radius 2 is 1.95 bits per heavy atom. The van der Waals surface area contributed by atoms with Crippen molar-refractivity contribution >= 4 is 18.1 Å². The topological polar surface area (TPSA) is 75.3 Å². The summed E-state index contributed by atoms with van der Waals surface area (Å²) in [6.07, 6.45) is 2.15. The molecule has 1 rings (SSSR count). The Balaban J connectivity index is 2.44. The first-order valence-electron chi connectivity index (χ1n) is 6.17. The average Bonchev–Trinajstić information content (AvgIpc) is 2.44. The van der Waals surface area contributed by atoms with Gasteiger partial charge in [0.15, 0.2) is 0 Å². The fourth-order valence-electron chi connectivity index (χ4n) is 1.53. The first kappa shape index (κ1) is 15.6. The Morgan fingerprint density at radius 3 is 2.50 bits per heavy atom. The lowest BCUT2D eigenvalue weighted by Gasteiger charge is -2.12. The van der Waals surface area contributed by atoms with Crippen LogP contribution in [0.1, 0.15) is 12.5 Å². The molecule has 0 fully saturated rings. The summed E-state index contributed by atoms with van der Waals surface area (Å²) in [5.41, 5.74) is 1.24. The van der Waals surface area contributed by atoms with E-state index in [-0.39, 0.29) is 6.54 Å². The van der Waals surface area contributed by atoms with Gasteiger partial charge >= 0.3 is 0 Å². The second-order valence-corrected chi connectivity index (χ2v) is 4.39. The van der Waals surface area contributed by atoms with Crippen molar-refractivity contribution in [2.45, 2.75) is 19.4 Å². The average molecular weight is 273 g/mol. The van der Waals surface area contributed by atoms with E-state index in [4.69, 9.17) is 0 Å². The van der Waals surface area contributed by atoms with Gasteiger partial charge in [-0.05, 0) is 12.5 Å². The van der Waals surface area contributed by atoms with Crippen LogP contribution in [0.15, 0.2) is 42.5 Å². The van der Waals surface area contributed by atoms with E-state index < -0.39 is 17.9 Å². The highest BCUT2D eigenvalue weighted by Gasteiger charge is 2.13. The molecule has 0 aromatic heterocycles. The van der Waals surface area contributed by atoms with Gasteiger partial charge in [-0.1, -0.05) is 36.9 Å². The third kappa shape index (κ3) is 5.48. The molecule has 20 heavy (non-hydrogen) atoms. The standard InChI is InChI=1S/C15H17N2O3/c1-11(2)15(20)16-9-14(19)17-13(10-18)8-12-6-4-3-5-7-12/h3-7,13H,1,8-9H2,2H3,(H,16,20)(H,17,19). The maximum atomic E-state index is 11.6. The lowest BCUT2D eigenvalue weighted by atomic mass is 10.1. The van der Waals surface area contributed by atoms with Gasteiger partial charge in [-0.3, -0.25) is 14.4 Å². The molecule has 2 N–H and O–H groups in total. The highest BCUT2D eigenvalue weighted by molar-refractivity contribution is 5.95. The maximum Gasteiger partial charge on any atom is 0.246 e. The van der Waals surface area contributed by atoms with Crippen LogP contribution in [0.5, 0.6) is 0 Å². The highest BCUT2D eigenvalue weighted by atomic mass is 16.2. The van der Waals surface area contributed by atoms with E-state index in [1.54, 1.807) is 13.2 Å². The van der Waals surface area contributed by atoms with Gasteiger partial charge in [0.25, 0.3) is 0 Å². The number of rotatable bonds is 7. The minimum atomic E-state index is -0.730. The summed E-state index contributed by atoms with van der Waals surface area (Å²) in [4.78, 5) is 33.7. The molecule has 1 aromatic carbocycles. The molecule has 5 heteroatoms. The number of carbonyl (C=O) groups is 2. The minimum Gasteiger partial charge on any atom is -0.344 e. The zero-order chi connectivity index (χ0) is 15.0. The van der Waals surface area contributed by atoms with Gasteiger partial charge in [0.1, 0.15) is 0 Å². The lowest BCUT2D eigenvalue weighted by Crippen LogP contribution is -2.43. The number of carbonyl (C=O) groups excluding carboxylic acids is 3. The van der Waals surface area contributed by atoms with Gasteiger partial charge in [0, 0.05) is 12.0 Å². The van der Waals surface area contributed by atoms with Crippen LogP contribution in [-0.2, 0) is 20.8 Å². The summed E-state index contributed by atoms with van der Waals surface area (Å²) in [7, 11) is 0. The van der Waals surface area contributed by atoms with Crippen molar-refractivity contribution in [2.75, 3.05) is 6.54 Å². The van der Waals surface area contributed by atoms with Gasteiger partial charge < -0.3 is 10.6 Å². The monoisotopic (exact) mass is 273 g/mol. The molecular formula is C15H17N2O3. The molecule has 0 aliphatic rings. The molecule has 1 atom stereocenters. The van der Waals surface area contributed by atoms with E-state index in [2.05, 4.69) is 17.2 Å². The largest absolute Gasteiger partial charge is 0.344 e. The summed E-state index contributed by atoms with van der Waals surface area (Å²) >= 11 is 0. The van der Waals surface area contributed by atoms with Gasteiger partial charge in [0.05, 0.1) is 12.6 Å². The van der Waals surface area contributed by atoms with E-state index in [1.165, 1.54) is 0 Å². The smallest absolute Gasteiger partial charge is 0.246 e. The molecule has 0 saturated heterocycles. The molecule has 0 saturated carbocycles. The first-order valence-corrected chi connectivity index (χ1v) is 6.17. The van der Waals surface area contributed by atoms with Gasteiger partial charge in [-0.2, -0.15) is 0 Å². The molecule has 0 heterocycles. The molecule has 1 aromatic rings. The number of hydrogen-bond acceptors (Lipinski definition) is 3. The Bertz CT molecular complexity index is 497. The highest BCUT2D eigenvalue weighted by Crippen LogP contribution is 2.01. The number of hydrogen-bond donors (Lipinski definition) is 2. The van der Waals surface area contributed by atoms with Crippen LogP contribution in [0.4, 0.5) is 0 Å². The van der Waals surface area contributed by atoms with Crippen LogP contribution < -0.4 is 10.6 Å². The molecule has 5 nitrogen and oxygen atoms in total. The predicted molar refractivity (Wildman–Crippen MR) is 75.6 cm³/mol. The van der Waals surface area contributed by atoms with E-state index in [0.29, 0.717) is 12.0 Å². The molecule has 0 aliphatic heterocycles. The summed E-state index contributed by atoms with van der Waals surface area (Å²) in [5, 5.41) is 4.90. The number of benzene rings is 1. The van der Waals surface area contributed by atoms with Crippen LogP contribution in [0.2, 0.25) is 0 Å². The van der Waals surface area contributed by atoms with Crippen molar-refractivity contribution in [3.05, 3.63) is 48.0 Å². The summed E-state index contributed by atoms with van der Waals surface area (Å²) in [6, 6.07) is 8.57. The summed E-state index contributed by atoms with van der Waals surface area (Å²) < 4.78 is 0. The van der Waals surface area contributed by atoms with E-state index >= 15 is 0 Å². The van der Waals surface area contributed by atoms with Crippen molar-refractivity contribution in [1.29, 1.82) is 0 Å². The zero-order valence-corrected chi connectivity index (χ0v) is 11.3. The van der Waals surface area contributed by atoms with Crippen molar-refractivity contribution in [3.8, 4) is 0 Å². The lowest BCUT2D eigenvalue weighted by molar-refractivity contribution is -0.124. The molecule has 1 radical (unpaired) electrons. The van der Waals surface area contributed by atoms with Crippen LogP contribution in [0.25, 0.3) is 0 Å². The summed E-state index contributed by atoms with van der Waals surface area (Å²) in [6.45, 7) is 4.81. The normalized spacial score (nSPS) is 11.2. The minimum absolute atomic E-state index is 0.196. The molecule has 2 amide bonds. The maximum absolute atomic E-state index is 11.6. The van der Waals surface area contributed by atoms with Crippen LogP contribution >= 0.6 is 0 Å². The van der Waals surface area contributed by atoms with E-state index in [9.17, 15) is 14.4 Å². The molecule has 0 spiro atoms. The predicted octanol–water partition coefficient (Wildman–Crippen LogP) is 0.516. The number of amides is 2. The second kappa shape index (κ2) is 7.89. The van der Waals surface area contributed by atoms with Crippen molar-refractivity contribution in [2.24, 2.45) is 0 Å². The second-order valence-electron chi connectivity index (χ2n) is 4.39. The van der Waals surface area contributed by atoms with Gasteiger partial charge in [0.2, 0.25) is 18.1 Å². The van der Waals surface area contributed by atoms with Gasteiger partial charge in [-0.25, -0.2) is 0 Å². The molecule has 0 aliphatic carbocycles.